The SMILES string of the molecule is N#Cc1ccccc1-c1cccc(OCC(O)CN2CCc3ccccc3C2)c1. The molecule has 0 fully saturated rings. The second-order valence-electron chi connectivity index (χ2n) is 7.40. The van der Waals surface area contributed by atoms with Gasteiger partial charge in [0.15, 0.2) is 0 Å². The van der Waals surface area contributed by atoms with E-state index in [-0.39, 0.29) is 6.61 Å². The molecule has 3 aromatic carbocycles. The second-order valence-corrected chi connectivity index (χ2v) is 7.40. The molecule has 0 spiro atoms. The van der Waals surface area contributed by atoms with Crippen LogP contribution in [-0.2, 0) is 13.0 Å². The van der Waals surface area contributed by atoms with Crippen LogP contribution in [0.3, 0.4) is 0 Å². The van der Waals surface area contributed by atoms with E-state index in [2.05, 4.69) is 35.2 Å². The molecule has 0 amide bonds. The van der Waals surface area contributed by atoms with Crippen LogP contribution >= 0.6 is 0 Å². The Morgan fingerprint density at radius 1 is 1.00 bits per heavy atom. The number of aliphatic hydroxyl groups is 1. The van der Waals surface area contributed by atoms with Crippen molar-refractivity contribution in [2.45, 2.75) is 19.1 Å². The largest absolute Gasteiger partial charge is 0.491 e. The van der Waals surface area contributed by atoms with Gasteiger partial charge in [-0.3, -0.25) is 4.90 Å². The summed E-state index contributed by atoms with van der Waals surface area (Å²) in [6, 6.07) is 25.9. The first-order chi connectivity index (χ1) is 14.2. The van der Waals surface area contributed by atoms with Crippen molar-refractivity contribution in [3.63, 3.8) is 0 Å². The smallest absolute Gasteiger partial charge is 0.120 e. The molecule has 4 heteroatoms. The van der Waals surface area contributed by atoms with Crippen molar-refractivity contribution in [1.82, 2.24) is 4.90 Å². The fourth-order valence-electron chi connectivity index (χ4n) is 3.84. The van der Waals surface area contributed by atoms with Crippen molar-refractivity contribution in [1.29, 1.82) is 5.26 Å². The summed E-state index contributed by atoms with van der Waals surface area (Å²) < 4.78 is 5.85. The third-order valence-electron chi connectivity index (χ3n) is 5.31. The highest BCUT2D eigenvalue weighted by Crippen LogP contribution is 2.27. The van der Waals surface area contributed by atoms with Crippen LogP contribution in [-0.4, -0.2) is 35.8 Å². The maximum atomic E-state index is 10.5. The van der Waals surface area contributed by atoms with E-state index in [0.29, 0.717) is 17.9 Å². The van der Waals surface area contributed by atoms with Gasteiger partial charge in [0.2, 0.25) is 0 Å². The molecule has 0 aliphatic carbocycles. The zero-order valence-corrected chi connectivity index (χ0v) is 16.3. The van der Waals surface area contributed by atoms with E-state index < -0.39 is 6.10 Å². The molecule has 1 aliphatic rings. The number of β-amino-alcohol motifs (C(OH)–C–C–N with tert-alkyl or cyclic N) is 1. The summed E-state index contributed by atoms with van der Waals surface area (Å²) in [5.74, 6) is 0.693. The molecule has 0 saturated heterocycles. The fourth-order valence-corrected chi connectivity index (χ4v) is 3.84. The van der Waals surface area contributed by atoms with Gasteiger partial charge in [0.25, 0.3) is 0 Å². The molecular weight excluding hydrogens is 360 g/mol. The fraction of sp³-hybridized carbons (Fsp3) is 0.240. The summed E-state index contributed by atoms with van der Waals surface area (Å²) in [6.07, 6.45) is 0.458. The van der Waals surface area contributed by atoms with Gasteiger partial charge >= 0.3 is 0 Å². The molecule has 0 bridgehead atoms. The molecule has 0 saturated carbocycles. The molecule has 29 heavy (non-hydrogen) atoms. The number of nitriles is 1. The molecule has 1 aliphatic heterocycles. The number of ether oxygens (including phenoxy) is 1. The lowest BCUT2D eigenvalue weighted by atomic mass is 10.00. The van der Waals surface area contributed by atoms with Gasteiger partial charge in [0, 0.05) is 19.6 Å². The second kappa shape index (κ2) is 8.91. The van der Waals surface area contributed by atoms with E-state index >= 15 is 0 Å². The van der Waals surface area contributed by atoms with Gasteiger partial charge in [-0.2, -0.15) is 5.26 Å². The predicted molar refractivity (Wildman–Crippen MR) is 114 cm³/mol. The molecule has 146 valence electrons. The maximum Gasteiger partial charge on any atom is 0.120 e. The van der Waals surface area contributed by atoms with Crippen molar-refractivity contribution < 1.29 is 9.84 Å². The lowest BCUT2D eigenvalue weighted by Gasteiger charge is -2.30. The van der Waals surface area contributed by atoms with Crippen molar-refractivity contribution in [2.75, 3.05) is 19.7 Å². The van der Waals surface area contributed by atoms with Gasteiger partial charge < -0.3 is 9.84 Å². The molecule has 4 nitrogen and oxygen atoms in total. The van der Waals surface area contributed by atoms with E-state index in [1.54, 1.807) is 0 Å². The van der Waals surface area contributed by atoms with E-state index in [1.165, 1.54) is 11.1 Å². The first-order valence-corrected chi connectivity index (χ1v) is 9.92. The molecule has 0 radical (unpaired) electrons. The third kappa shape index (κ3) is 4.65. The Morgan fingerprint density at radius 3 is 2.66 bits per heavy atom. The van der Waals surface area contributed by atoms with Crippen LogP contribution in [0.2, 0.25) is 0 Å². The van der Waals surface area contributed by atoms with Gasteiger partial charge in [-0.25, -0.2) is 0 Å². The number of hydrogen-bond donors (Lipinski definition) is 1. The Bertz CT molecular complexity index is 1030. The molecule has 1 unspecified atom stereocenters. The minimum atomic E-state index is -0.560. The Hall–Kier alpha value is -3.13. The van der Waals surface area contributed by atoms with Gasteiger partial charge in [-0.15, -0.1) is 0 Å². The number of hydrogen-bond acceptors (Lipinski definition) is 4. The summed E-state index contributed by atoms with van der Waals surface area (Å²) >= 11 is 0. The molecule has 1 heterocycles. The topological polar surface area (TPSA) is 56.5 Å². The van der Waals surface area contributed by atoms with Gasteiger partial charge in [-0.1, -0.05) is 54.6 Å². The highest BCUT2D eigenvalue weighted by Gasteiger charge is 2.18. The summed E-state index contributed by atoms with van der Waals surface area (Å²) in [7, 11) is 0. The maximum absolute atomic E-state index is 10.5. The Balaban J connectivity index is 1.35. The minimum Gasteiger partial charge on any atom is -0.491 e. The number of fused-ring (bicyclic) bond motifs is 1. The summed E-state index contributed by atoms with van der Waals surface area (Å²) in [6.45, 7) is 2.65. The summed E-state index contributed by atoms with van der Waals surface area (Å²) in [4.78, 5) is 2.27. The van der Waals surface area contributed by atoms with Gasteiger partial charge in [0.05, 0.1) is 11.6 Å². The van der Waals surface area contributed by atoms with Crippen LogP contribution in [0.15, 0.2) is 72.8 Å². The number of nitrogens with zero attached hydrogens (tertiary/aromatic N) is 2. The summed E-state index contributed by atoms with van der Waals surface area (Å²) in [5.41, 5.74) is 5.20. The normalized spacial score (nSPS) is 14.6. The highest BCUT2D eigenvalue weighted by molar-refractivity contribution is 5.71. The first kappa shape index (κ1) is 19.2. The number of aliphatic hydroxyl groups excluding tert-OH is 1. The third-order valence-corrected chi connectivity index (χ3v) is 5.31. The quantitative estimate of drug-likeness (QED) is 0.697. The minimum absolute atomic E-state index is 0.238. The number of benzene rings is 3. The predicted octanol–water partition coefficient (Wildman–Crippen LogP) is 4.02. The molecular formula is C25H24N2O2. The molecule has 1 N–H and O–H groups in total. The number of rotatable bonds is 6. The van der Waals surface area contributed by atoms with Crippen molar-refractivity contribution in [2.24, 2.45) is 0 Å². The average molecular weight is 384 g/mol. The molecule has 0 aromatic heterocycles. The zero-order chi connectivity index (χ0) is 20.1. The van der Waals surface area contributed by atoms with Crippen LogP contribution in [0.25, 0.3) is 11.1 Å². The van der Waals surface area contributed by atoms with Crippen LogP contribution in [0.5, 0.6) is 5.75 Å². The Morgan fingerprint density at radius 2 is 1.79 bits per heavy atom. The Kier molecular flexibility index (Phi) is 5.90. The van der Waals surface area contributed by atoms with Crippen LogP contribution in [0.4, 0.5) is 0 Å². The molecule has 4 rings (SSSR count). The van der Waals surface area contributed by atoms with Crippen molar-refractivity contribution >= 4 is 0 Å². The lowest BCUT2D eigenvalue weighted by Crippen LogP contribution is -2.38. The average Bonchev–Trinajstić information content (AvgIpc) is 2.78. The van der Waals surface area contributed by atoms with Gasteiger partial charge in [-0.05, 0) is 46.9 Å². The first-order valence-electron chi connectivity index (χ1n) is 9.92. The molecule has 1 atom stereocenters. The van der Waals surface area contributed by atoms with E-state index in [0.717, 1.165) is 30.6 Å². The van der Waals surface area contributed by atoms with Crippen molar-refractivity contribution in [3.8, 4) is 22.9 Å². The Labute approximate surface area is 171 Å². The van der Waals surface area contributed by atoms with E-state index in [1.807, 2.05) is 48.5 Å². The van der Waals surface area contributed by atoms with Crippen molar-refractivity contribution in [3.05, 3.63) is 89.5 Å². The monoisotopic (exact) mass is 384 g/mol. The zero-order valence-electron chi connectivity index (χ0n) is 16.3. The lowest BCUT2D eigenvalue weighted by molar-refractivity contribution is 0.0638. The van der Waals surface area contributed by atoms with E-state index in [9.17, 15) is 10.4 Å². The van der Waals surface area contributed by atoms with E-state index in [4.69, 9.17) is 4.74 Å². The highest BCUT2D eigenvalue weighted by atomic mass is 16.5. The summed E-state index contributed by atoms with van der Waals surface area (Å²) in [5, 5.41) is 19.8. The molecule has 3 aromatic rings. The van der Waals surface area contributed by atoms with Gasteiger partial charge in [0.1, 0.15) is 18.5 Å². The van der Waals surface area contributed by atoms with Crippen LogP contribution in [0, 0.1) is 11.3 Å². The standard InChI is InChI=1S/C25H24N2O2/c26-15-21-7-3-4-11-25(21)20-9-5-10-24(14-20)29-18-23(28)17-27-13-12-19-6-1-2-8-22(19)16-27/h1-11,14,23,28H,12-13,16-18H2. The van der Waals surface area contributed by atoms with Crippen LogP contribution < -0.4 is 4.74 Å². The van der Waals surface area contributed by atoms with Crippen LogP contribution in [0.1, 0.15) is 16.7 Å².